The number of rotatable bonds is 9. The molecule has 4 atom stereocenters. The van der Waals surface area contributed by atoms with Crippen molar-refractivity contribution in [1.29, 1.82) is 0 Å². The van der Waals surface area contributed by atoms with Gasteiger partial charge in [0.2, 0.25) is 5.91 Å². The Morgan fingerprint density at radius 1 is 1.24 bits per heavy atom. The summed E-state index contributed by atoms with van der Waals surface area (Å²) in [4.78, 5) is 24.7. The molecule has 1 fully saturated rings. The van der Waals surface area contributed by atoms with Crippen molar-refractivity contribution >= 4 is 11.9 Å². The van der Waals surface area contributed by atoms with Crippen LogP contribution >= 0.6 is 0 Å². The smallest absolute Gasteiger partial charge is 0.305 e. The van der Waals surface area contributed by atoms with Gasteiger partial charge in [-0.25, -0.2) is 0 Å². The third kappa shape index (κ3) is 5.83. The predicted octanol–water partition coefficient (Wildman–Crippen LogP) is 1.79. The molecule has 1 heterocycles. The van der Waals surface area contributed by atoms with Crippen LogP contribution in [0, 0.1) is 5.92 Å². The lowest BCUT2D eigenvalue weighted by atomic mass is 9.95. The van der Waals surface area contributed by atoms with Crippen LogP contribution in [0.3, 0.4) is 0 Å². The fourth-order valence-corrected chi connectivity index (χ4v) is 3.53. The first-order valence-corrected chi connectivity index (χ1v) is 8.78. The van der Waals surface area contributed by atoms with Crippen LogP contribution in [0.15, 0.2) is 30.3 Å². The molecule has 1 aliphatic heterocycles. The maximum Gasteiger partial charge on any atom is 0.305 e. The minimum Gasteiger partial charge on any atom is -0.481 e. The number of carbonyl (C=O) groups is 2. The number of hydrogen-bond donors (Lipinski definition) is 3. The van der Waals surface area contributed by atoms with Crippen LogP contribution in [0.2, 0.25) is 0 Å². The lowest BCUT2D eigenvalue weighted by molar-refractivity contribution is -0.139. The Morgan fingerprint density at radius 3 is 2.56 bits per heavy atom. The highest BCUT2D eigenvalue weighted by Gasteiger charge is 2.36. The van der Waals surface area contributed by atoms with Crippen LogP contribution in [0.4, 0.5) is 0 Å². The van der Waals surface area contributed by atoms with E-state index < -0.39 is 18.2 Å². The molecular weight excluding hydrogens is 322 g/mol. The van der Waals surface area contributed by atoms with E-state index in [2.05, 4.69) is 0 Å². The van der Waals surface area contributed by atoms with Crippen molar-refractivity contribution in [2.75, 3.05) is 0 Å². The summed E-state index contributed by atoms with van der Waals surface area (Å²) in [5.41, 5.74) is 1.08. The molecule has 2 unspecified atom stereocenters. The SMILES string of the molecule is C[C@@H]1CC(=O)N(Cc2ccccc2)[C@H]1CCC(O)CC(O)CC(=O)O. The predicted molar refractivity (Wildman–Crippen MR) is 92.7 cm³/mol. The number of carbonyl (C=O) groups excluding carboxylic acids is 1. The molecule has 0 bridgehead atoms. The quantitative estimate of drug-likeness (QED) is 0.631. The zero-order valence-electron chi connectivity index (χ0n) is 14.5. The van der Waals surface area contributed by atoms with E-state index in [-0.39, 0.29) is 30.7 Å². The first-order valence-electron chi connectivity index (χ1n) is 8.78. The lowest BCUT2D eigenvalue weighted by Crippen LogP contribution is -2.35. The molecule has 25 heavy (non-hydrogen) atoms. The Hall–Kier alpha value is -1.92. The van der Waals surface area contributed by atoms with Crippen molar-refractivity contribution in [2.45, 2.75) is 63.8 Å². The Balaban J connectivity index is 1.89. The summed E-state index contributed by atoms with van der Waals surface area (Å²) in [6.45, 7) is 2.60. The molecular formula is C19H27NO5. The van der Waals surface area contributed by atoms with E-state index in [1.165, 1.54) is 0 Å². The zero-order chi connectivity index (χ0) is 18.4. The maximum atomic E-state index is 12.3. The van der Waals surface area contributed by atoms with Crippen LogP contribution in [-0.2, 0) is 16.1 Å². The fraction of sp³-hybridized carbons (Fsp3) is 0.579. The summed E-state index contributed by atoms with van der Waals surface area (Å²) < 4.78 is 0. The molecule has 1 aromatic rings. The van der Waals surface area contributed by atoms with E-state index in [1.807, 2.05) is 42.2 Å². The molecule has 0 radical (unpaired) electrons. The van der Waals surface area contributed by atoms with Crippen molar-refractivity contribution in [3.8, 4) is 0 Å². The molecule has 1 aromatic carbocycles. The highest BCUT2D eigenvalue weighted by atomic mass is 16.4. The minimum absolute atomic E-state index is 0.0417. The second kappa shape index (κ2) is 8.97. The van der Waals surface area contributed by atoms with Crippen LogP contribution in [0.1, 0.15) is 44.6 Å². The van der Waals surface area contributed by atoms with Crippen LogP contribution in [-0.4, -0.2) is 50.3 Å². The van der Waals surface area contributed by atoms with E-state index in [4.69, 9.17) is 5.11 Å². The summed E-state index contributed by atoms with van der Waals surface area (Å²) in [5, 5.41) is 28.3. The second-order valence-corrected chi connectivity index (χ2v) is 6.97. The average Bonchev–Trinajstić information content (AvgIpc) is 2.79. The van der Waals surface area contributed by atoms with E-state index in [0.717, 1.165) is 5.56 Å². The highest BCUT2D eigenvalue weighted by molar-refractivity contribution is 5.79. The van der Waals surface area contributed by atoms with Crippen molar-refractivity contribution in [1.82, 2.24) is 4.90 Å². The van der Waals surface area contributed by atoms with Crippen LogP contribution in [0.25, 0.3) is 0 Å². The Morgan fingerprint density at radius 2 is 1.92 bits per heavy atom. The molecule has 0 aliphatic carbocycles. The average molecular weight is 349 g/mol. The Labute approximate surface area is 148 Å². The number of aliphatic carboxylic acids is 1. The summed E-state index contributed by atoms with van der Waals surface area (Å²) in [6.07, 6.45) is -0.554. The molecule has 2 rings (SSSR count). The topological polar surface area (TPSA) is 98.1 Å². The van der Waals surface area contributed by atoms with Gasteiger partial charge in [-0.3, -0.25) is 9.59 Å². The number of likely N-dealkylation sites (tertiary alicyclic amines) is 1. The number of hydrogen-bond acceptors (Lipinski definition) is 4. The van der Waals surface area contributed by atoms with E-state index >= 15 is 0 Å². The van der Waals surface area contributed by atoms with Crippen LogP contribution in [0.5, 0.6) is 0 Å². The third-order valence-electron chi connectivity index (χ3n) is 4.82. The fourth-order valence-electron chi connectivity index (χ4n) is 3.53. The Bertz CT molecular complexity index is 576. The minimum atomic E-state index is -1.08. The van der Waals surface area contributed by atoms with Gasteiger partial charge < -0.3 is 20.2 Å². The first-order chi connectivity index (χ1) is 11.9. The molecule has 3 N–H and O–H groups in total. The largest absolute Gasteiger partial charge is 0.481 e. The van der Waals surface area contributed by atoms with E-state index in [9.17, 15) is 19.8 Å². The number of carboxylic acid groups (broad SMARTS) is 1. The summed E-state index contributed by atoms with van der Waals surface area (Å²) >= 11 is 0. The summed E-state index contributed by atoms with van der Waals surface area (Å²) in [6, 6.07) is 9.87. The van der Waals surface area contributed by atoms with Gasteiger partial charge in [-0.15, -0.1) is 0 Å². The number of aliphatic hydroxyl groups is 2. The normalized spacial score (nSPS) is 22.8. The number of nitrogens with zero attached hydrogens (tertiary/aromatic N) is 1. The van der Waals surface area contributed by atoms with Gasteiger partial charge in [-0.2, -0.15) is 0 Å². The maximum absolute atomic E-state index is 12.3. The number of amides is 1. The first kappa shape index (κ1) is 19.4. The van der Waals surface area contributed by atoms with Gasteiger partial charge in [0.1, 0.15) is 0 Å². The van der Waals surface area contributed by atoms with Gasteiger partial charge in [0.15, 0.2) is 0 Å². The molecule has 1 aliphatic rings. The van der Waals surface area contributed by atoms with Crippen LogP contribution < -0.4 is 0 Å². The standard InChI is InChI=1S/C19H27NO5/c1-13-9-18(23)20(12-14-5-3-2-4-6-14)17(13)8-7-15(21)10-16(22)11-19(24)25/h2-6,13,15-17,21-22H,7-12H2,1H3,(H,24,25)/t13-,15?,16?,17+/m1/s1. The molecule has 0 spiro atoms. The van der Waals surface area contributed by atoms with E-state index in [0.29, 0.717) is 25.8 Å². The van der Waals surface area contributed by atoms with Crippen molar-refractivity contribution in [2.24, 2.45) is 5.92 Å². The Kier molecular flexibility index (Phi) is 6.96. The van der Waals surface area contributed by atoms with Crippen molar-refractivity contribution in [3.63, 3.8) is 0 Å². The highest BCUT2D eigenvalue weighted by Crippen LogP contribution is 2.30. The van der Waals surface area contributed by atoms with E-state index in [1.54, 1.807) is 0 Å². The zero-order valence-corrected chi connectivity index (χ0v) is 14.5. The molecule has 6 nitrogen and oxygen atoms in total. The molecule has 6 heteroatoms. The lowest BCUT2D eigenvalue weighted by Gasteiger charge is -2.28. The van der Waals surface area contributed by atoms with Crippen molar-refractivity contribution < 1.29 is 24.9 Å². The summed E-state index contributed by atoms with van der Waals surface area (Å²) in [7, 11) is 0. The van der Waals surface area contributed by atoms with Gasteiger partial charge in [-0.1, -0.05) is 37.3 Å². The number of aliphatic hydroxyl groups excluding tert-OH is 2. The summed E-state index contributed by atoms with van der Waals surface area (Å²) in [5.74, 6) is -0.738. The monoisotopic (exact) mass is 349 g/mol. The van der Waals surface area contributed by atoms with Gasteiger partial charge in [0, 0.05) is 19.0 Å². The third-order valence-corrected chi connectivity index (χ3v) is 4.82. The molecule has 1 amide bonds. The molecule has 1 saturated heterocycles. The van der Waals surface area contributed by atoms with Gasteiger partial charge in [0.25, 0.3) is 0 Å². The van der Waals surface area contributed by atoms with Gasteiger partial charge in [0.05, 0.1) is 18.6 Å². The number of carboxylic acids is 1. The van der Waals surface area contributed by atoms with Crippen molar-refractivity contribution in [3.05, 3.63) is 35.9 Å². The molecule has 0 saturated carbocycles. The second-order valence-electron chi connectivity index (χ2n) is 6.97. The number of benzene rings is 1. The van der Waals surface area contributed by atoms with Gasteiger partial charge >= 0.3 is 5.97 Å². The molecule has 0 aromatic heterocycles. The molecule has 138 valence electrons. The van der Waals surface area contributed by atoms with Gasteiger partial charge in [-0.05, 0) is 30.7 Å².